The first-order chi connectivity index (χ1) is 6.18. The van der Waals surface area contributed by atoms with Crippen LogP contribution in [0.25, 0.3) is 0 Å². The lowest BCUT2D eigenvalue weighted by Gasteiger charge is -2.23. The summed E-state index contributed by atoms with van der Waals surface area (Å²) in [6.07, 6.45) is 4.11. The summed E-state index contributed by atoms with van der Waals surface area (Å²) >= 11 is 0. The Morgan fingerprint density at radius 3 is 3.08 bits per heavy atom. The van der Waals surface area contributed by atoms with Crippen LogP contribution in [0.15, 0.2) is 6.20 Å². The lowest BCUT2D eigenvalue weighted by Crippen LogP contribution is -2.32. The SMILES string of the molecule is CC(C)c1cnc2n1C[C@H](N)CC2. The van der Waals surface area contributed by atoms with Crippen molar-refractivity contribution in [3.05, 3.63) is 17.7 Å². The highest BCUT2D eigenvalue weighted by Crippen LogP contribution is 2.21. The molecule has 1 aliphatic heterocycles. The van der Waals surface area contributed by atoms with Crippen LogP contribution in [-0.2, 0) is 13.0 Å². The molecule has 2 rings (SSSR count). The minimum Gasteiger partial charge on any atom is -0.330 e. The van der Waals surface area contributed by atoms with Crippen molar-refractivity contribution < 1.29 is 0 Å². The predicted octanol–water partition coefficient (Wildman–Crippen LogP) is 1.28. The molecule has 0 bridgehead atoms. The molecule has 0 spiro atoms. The van der Waals surface area contributed by atoms with E-state index in [4.69, 9.17) is 5.73 Å². The quantitative estimate of drug-likeness (QED) is 0.705. The van der Waals surface area contributed by atoms with E-state index >= 15 is 0 Å². The third-order valence-electron chi connectivity index (χ3n) is 2.72. The number of fused-ring (bicyclic) bond motifs is 1. The standard InChI is InChI=1S/C10H17N3/c1-7(2)9-5-12-10-4-3-8(11)6-13(9)10/h5,7-8H,3-4,6,11H2,1-2H3/t8-/m1/s1. The molecule has 0 aromatic carbocycles. The normalized spacial score (nSPS) is 22.0. The molecule has 0 saturated heterocycles. The summed E-state index contributed by atoms with van der Waals surface area (Å²) in [5.74, 6) is 1.76. The lowest BCUT2D eigenvalue weighted by atomic mass is 10.1. The van der Waals surface area contributed by atoms with Gasteiger partial charge in [-0.05, 0) is 12.3 Å². The molecule has 0 aliphatic carbocycles. The second-order valence-electron chi connectivity index (χ2n) is 4.16. The second kappa shape index (κ2) is 3.14. The van der Waals surface area contributed by atoms with E-state index in [9.17, 15) is 0 Å². The molecule has 2 heterocycles. The van der Waals surface area contributed by atoms with Crippen LogP contribution < -0.4 is 5.73 Å². The van der Waals surface area contributed by atoms with Gasteiger partial charge in [-0.1, -0.05) is 13.8 Å². The van der Waals surface area contributed by atoms with E-state index in [1.165, 1.54) is 11.5 Å². The number of imidazole rings is 1. The molecule has 13 heavy (non-hydrogen) atoms. The van der Waals surface area contributed by atoms with Crippen molar-refractivity contribution in [1.29, 1.82) is 0 Å². The van der Waals surface area contributed by atoms with Gasteiger partial charge in [-0.25, -0.2) is 4.98 Å². The predicted molar refractivity (Wildman–Crippen MR) is 52.6 cm³/mol. The van der Waals surface area contributed by atoms with Crippen LogP contribution in [0.3, 0.4) is 0 Å². The third kappa shape index (κ3) is 1.48. The highest BCUT2D eigenvalue weighted by molar-refractivity contribution is 5.12. The van der Waals surface area contributed by atoms with E-state index in [1.807, 2.05) is 6.20 Å². The monoisotopic (exact) mass is 179 g/mol. The Morgan fingerprint density at radius 2 is 2.38 bits per heavy atom. The number of rotatable bonds is 1. The van der Waals surface area contributed by atoms with Gasteiger partial charge >= 0.3 is 0 Å². The Hall–Kier alpha value is -0.830. The molecule has 1 aliphatic rings. The van der Waals surface area contributed by atoms with Crippen LogP contribution in [0.2, 0.25) is 0 Å². The fourth-order valence-electron chi connectivity index (χ4n) is 1.94. The summed E-state index contributed by atoms with van der Waals surface area (Å²) in [5.41, 5.74) is 7.25. The molecule has 3 heteroatoms. The summed E-state index contributed by atoms with van der Waals surface area (Å²) in [7, 11) is 0. The van der Waals surface area contributed by atoms with Crippen LogP contribution in [0.4, 0.5) is 0 Å². The van der Waals surface area contributed by atoms with Gasteiger partial charge in [0.1, 0.15) is 5.82 Å². The lowest BCUT2D eigenvalue weighted by molar-refractivity contribution is 0.439. The van der Waals surface area contributed by atoms with Crippen molar-refractivity contribution in [2.75, 3.05) is 0 Å². The maximum Gasteiger partial charge on any atom is 0.108 e. The first-order valence-corrected chi connectivity index (χ1v) is 4.98. The Morgan fingerprint density at radius 1 is 1.62 bits per heavy atom. The van der Waals surface area contributed by atoms with Crippen LogP contribution in [-0.4, -0.2) is 15.6 Å². The summed E-state index contributed by atoms with van der Waals surface area (Å²) < 4.78 is 2.29. The van der Waals surface area contributed by atoms with Crippen molar-refractivity contribution in [3.63, 3.8) is 0 Å². The smallest absolute Gasteiger partial charge is 0.108 e. The summed E-state index contributed by atoms with van der Waals surface area (Å²) in [4.78, 5) is 4.42. The van der Waals surface area contributed by atoms with Crippen molar-refractivity contribution >= 4 is 0 Å². The molecule has 0 radical (unpaired) electrons. The molecular formula is C10H17N3. The Labute approximate surface area is 79.0 Å². The van der Waals surface area contributed by atoms with Gasteiger partial charge in [0, 0.05) is 30.9 Å². The number of aromatic nitrogens is 2. The van der Waals surface area contributed by atoms with E-state index in [2.05, 4.69) is 23.4 Å². The molecule has 1 aromatic heterocycles. The number of hydrogen-bond donors (Lipinski definition) is 1. The van der Waals surface area contributed by atoms with Gasteiger partial charge in [0.15, 0.2) is 0 Å². The van der Waals surface area contributed by atoms with Gasteiger partial charge in [-0.3, -0.25) is 0 Å². The van der Waals surface area contributed by atoms with Gasteiger partial charge < -0.3 is 10.3 Å². The average molecular weight is 179 g/mol. The number of nitrogens with zero attached hydrogens (tertiary/aromatic N) is 2. The zero-order chi connectivity index (χ0) is 9.42. The molecule has 0 fully saturated rings. The van der Waals surface area contributed by atoms with E-state index in [0.717, 1.165) is 19.4 Å². The average Bonchev–Trinajstić information content (AvgIpc) is 2.46. The van der Waals surface area contributed by atoms with Crippen LogP contribution >= 0.6 is 0 Å². The van der Waals surface area contributed by atoms with Crippen molar-refractivity contribution in [3.8, 4) is 0 Å². The largest absolute Gasteiger partial charge is 0.330 e. The number of aryl methyl sites for hydroxylation is 1. The maximum absolute atomic E-state index is 5.93. The first-order valence-electron chi connectivity index (χ1n) is 4.98. The van der Waals surface area contributed by atoms with Gasteiger partial charge in [0.05, 0.1) is 0 Å². The Bertz CT molecular complexity index is 301. The van der Waals surface area contributed by atoms with Gasteiger partial charge in [0.25, 0.3) is 0 Å². The molecule has 1 atom stereocenters. The van der Waals surface area contributed by atoms with E-state index in [-0.39, 0.29) is 0 Å². The number of nitrogens with two attached hydrogens (primary N) is 1. The highest BCUT2D eigenvalue weighted by atomic mass is 15.1. The summed E-state index contributed by atoms with van der Waals surface area (Å²) in [5, 5.41) is 0. The molecule has 2 N–H and O–H groups in total. The molecule has 3 nitrogen and oxygen atoms in total. The minimum absolute atomic E-state index is 0.319. The fraction of sp³-hybridized carbons (Fsp3) is 0.700. The maximum atomic E-state index is 5.93. The molecule has 72 valence electrons. The zero-order valence-corrected chi connectivity index (χ0v) is 8.33. The molecule has 1 aromatic rings. The zero-order valence-electron chi connectivity index (χ0n) is 8.33. The van der Waals surface area contributed by atoms with Crippen molar-refractivity contribution in [2.45, 2.75) is 45.2 Å². The summed E-state index contributed by atoms with van der Waals surface area (Å²) in [6.45, 7) is 5.34. The first kappa shape index (κ1) is 8.75. The topological polar surface area (TPSA) is 43.8 Å². The van der Waals surface area contributed by atoms with Gasteiger partial charge in [-0.15, -0.1) is 0 Å². The third-order valence-corrected chi connectivity index (χ3v) is 2.72. The Kier molecular flexibility index (Phi) is 2.12. The van der Waals surface area contributed by atoms with E-state index in [0.29, 0.717) is 12.0 Å². The second-order valence-corrected chi connectivity index (χ2v) is 4.16. The molecule has 0 unspecified atom stereocenters. The van der Waals surface area contributed by atoms with Crippen LogP contribution in [0.5, 0.6) is 0 Å². The molecule has 0 saturated carbocycles. The minimum atomic E-state index is 0.319. The van der Waals surface area contributed by atoms with Gasteiger partial charge in [-0.2, -0.15) is 0 Å². The Balaban J connectivity index is 2.35. The highest BCUT2D eigenvalue weighted by Gasteiger charge is 2.19. The molecule has 0 amide bonds. The van der Waals surface area contributed by atoms with Crippen LogP contribution in [0.1, 0.15) is 37.7 Å². The van der Waals surface area contributed by atoms with E-state index in [1.54, 1.807) is 0 Å². The van der Waals surface area contributed by atoms with Crippen molar-refractivity contribution in [1.82, 2.24) is 9.55 Å². The van der Waals surface area contributed by atoms with E-state index < -0.39 is 0 Å². The molecular weight excluding hydrogens is 162 g/mol. The van der Waals surface area contributed by atoms with Crippen LogP contribution in [0, 0.1) is 0 Å². The fourth-order valence-corrected chi connectivity index (χ4v) is 1.94. The van der Waals surface area contributed by atoms with Crippen molar-refractivity contribution in [2.24, 2.45) is 5.73 Å². The summed E-state index contributed by atoms with van der Waals surface area (Å²) in [6, 6.07) is 0.319. The van der Waals surface area contributed by atoms with Gasteiger partial charge in [0.2, 0.25) is 0 Å². The number of hydrogen-bond acceptors (Lipinski definition) is 2.